The standard InChI is InChI=1S/C58H81N3O10/c1-10-43-29-36(2)28-37(3)30-51(68-8)54-52(69-9)32-40(6)58(66,71-54)55(63)56(64)61-26-15-14-18-48(61)57(65)70-53(38(4)19-24-49(43)62)39(5)31-42-20-22-46(50(33-42)67-7)59-45-21-23-47-44(34-45)25-27-60(47)35-41-16-12-11-13-17-41/h11-13,16-17,21,23,25,27,29,31,34,37-38,40,42-43,46,48,50-54,59,66H,10,14-15,18-20,22,24,26,28,30,32-33,35H2,1-9H3. The third kappa shape index (κ3) is 12.8. The van der Waals surface area contributed by atoms with Gasteiger partial charge in [-0.05, 0) is 138 Å². The van der Waals surface area contributed by atoms with Gasteiger partial charge in [0.15, 0.2) is 0 Å². The van der Waals surface area contributed by atoms with Crippen molar-refractivity contribution in [1.29, 1.82) is 0 Å². The molecule has 3 aliphatic heterocycles. The van der Waals surface area contributed by atoms with Crippen LogP contribution in [0.25, 0.3) is 10.9 Å². The highest BCUT2D eigenvalue weighted by Gasteiger charge is 2.56. The van der Waals surface area contributed by atoms with Gasteiger partial charge in [0.25, 0.3) is 11.7 Å². The molecule has 71 heavy (non-hydrogen) atoms. The molecular weight excluding hydrogens is 899 g/mol. The van der Waals surface area contributed by atoms with Crippen LogP contribution in [0.15, 0.2) is 84.1 Å². The summed E-state index contributed by atoms with van der Waals surface area (Å²) in [7, 11) is 4.89. The van der Waals surface area contributed by atoms with E-state index in [1.165, 1.54) is 21.4 Å². The summed E-state index contributed by atoms with van der Waals surface area (Å²) in [5.41, 5.74) is 5.43. The first-order valence-corrected chi connectivity index (χ1v) is 26.4. The number of hydrogen-bond donors (Lipinski definition) is 2. The van der Waals surface area contributed by atoms with Gasteiger partial charge in [-0.3, -0.25) is 14.4 Å². The predicted molar refractivity (Wildman–Crippen MR) is 276 cm³/mol. The number of aliphatic hydroxyl groups is 1. The molecule has 0 radical (unpaired) electrons. The monoisotopic (exact) mass is 980 g/mol. The highest BCUT2D eigenvalue weighted by atomic mass is 16.7. The van der Waals surface area contributed by atoms with Crippen LogP contribution in [0, 0.1) is 29.6 Å². The molecule has 7 rings (SSSR count). The first-order valence-electron chi connectivity index (χ1n) is 26.4. The molecule has 3 fully saturated rings. The van der Waals surface area contributed by atoms with Crippen molar-refractivity contribution in [3.05, 3.63) is 89.7 Å². The minimum Gasteiger partial charge on any atom is -0.456 e. The number of ether oxygens (including phenoxy) is 5. The number of hydrogen-bond acceptors (Lipinski definition) is 11. The van der Waals surface area contributed by atoms with Crippen molar-refractivity contribution in [1.82, 2.24) is 9.47 Å². The van der Waals surface area contributed by atoms with Gasteiger partial charge in [0.2, 0.25) is 5.79 Å². The summed E-state index contributed by atoms with van der Waals surface area (Å²) in [6.07, 6.45) is 10.7. The summed E-state index contributed by atoms with van der Waals surface area (Å²) >= 11 is 0. The summed E-state index contributed by atoms with van der Waals surface area (Å²) in [5.74, 6) is -6.11. The maximum Gasteiger partial charge on any atom is 0.329 e. The number of piperidine rings is 1. The van der Waals surface area contributed by atoms with Crippen molar-refractivity contribution < 1.29 is 48.0 Å². The minimum absolute atomic E-state index is 0.0802. The quantitative estimate of drug-likeness (QED) is 0.113. The summed E-state index contributed by atoms with van der Waals surface area (Å²) in [4.78, 5) is 58.8. The fraction of sp³-hybridized carbons (Fsp3) is 0.621. The van der Waals surface area contributed by atoms with Gasteiger partial charge in [-0.2, -0.15) is 0 Å². The van der Waals surface area contributed by atoms with Crippen LogP contribution >= 0.6 is 0 Å². The van der Waals surface area contributed by atoms with E-state index < -0.39 is 59.8 Å². The molecule has 1 aromatic heterocycles. The van der Waals surface area contributed by atoms with Crippen LogP contribution in [0.2, 0.25) is 0 Å². The van der Waals surface area contributed by atoms with Crippen LogP contribution in [0.1, 0.15) is 124 Å². The summed E-state index contributed by atoms with van der Waals surface area (Å²) < 4.78 is 33.1. The zero-order chi connectivity index (χ0) is 51.0. The molecule has 13 atom stereocenters. The Morgan fingerprint density at radius 3 is 2.34 bits per heavy atom. The van der Waals surface area contributed by atoms with E-state index in [2.05, 4.69) is 83.7 Å². The number of esters is 1. The molecule has 2 bridgehead atoms. The number of allylic oxidation sites excluding steroid dienone is 3. The van der Waals surface area contributed by atoms with E-state index in [0.29, 0.717) is 51.4 Å². The number of aromatic nitrogens is 1. The molecule has 13 unspecified atom stereocenters. The predicted octanol–water partition coefficient (Wildman–Crippen LogP) is 9.62. The number of methoxy groups -OCH3 is 3. The lowest BCUT2D eigenvalue weighted by Gasteiger charge is -2.47. The van der Waals surface area contributed by atoms with Crippen LogP contribution in [0.5, 0.6) is 0 Å². The largest absolute Gasteiger partial charge is 0.456 e. The fourth-order valence-electron chi connectivity index (χ4n) is 12.0. The number of cyclic esters (lactones) is 1. The van der Waals surface area contributed by atoms with E-state index in [4.69, 9.17) is 23.7 Å². The Balaban J connectivity index is 1.12. The zero-order valence-electron chi connectivity index (χ0n) is 43.8. The second-order valence-electron chi connectivity index (χ2n) is 21.4. The number of Topliss-reactive ketones (excluding diaryl/α,β-unsaturated/α-hetero) is 2. The Morgan fingerprint density at radius 1 is 0.887 bits per heavy atom. The van der Waals surface area contributed by atoms with E-state index in [1.807, 2.05) is 33.8 Å². The Bertz CT molecular complexity index is 2360. The number of benzene rings is 2. The fourth-order valence-corrected chi connectivity index (χ4v) is 12.0. The lowest BCUT2D eigenvalue weighted by Crippen LogP contribution is -2.64. The SMILES string of the molecule is CCC1C=C(C)CC(C)CC(OC)C2OC(O)(C(=O)C(=O)N3CCCCC3C(=O)OC(C(C)=CC3CCC(Nc4ccc5c(ccn5Cc5ccccc5)c4)C(OC)C3)C(C)CCC1=O)C(C)CC2OC. The molecule has 388 valence electrons. The van der Waals surface area contributed by atoms with Crippen LogP contribution in [0.3, 0.4) is 0 Å². The number of carbonyl (C=O) groups excluding carboxylic acids is 4. The Hall–Kier alpha value is -4.66. The minimum atomic E-state index is -2.47. The number of fused-ring (bicyclic) bond motifs is 4. The molecule has 2 saturated heterocycles. The second-order valence-corrected chi connectivity index (χ2v) is 21.4. The Morgan fingerprint density at radius 2 is 1.62 bits per heavy atom. The van der Waals surface area contributed by atoms with E-state index >= 15 is 0 Å². The van der Waals surface area contributed by atoms with Gasteiger partial charge in [0, 0.05) is 75.5 Å². The van der Waals surface area contributed by atoms with Crippen molar-refractivity contribution in [2.45, 2.75) is 174 Å². The van der Waals surface area contributed by atoms with E-state index in [1.54, 1.807) is 28.3 Å². The van der Waals surface area contributed by atoms with Crippen molar-refractivity contribution in [2.24, 2.45) is 29.6 Å². The topological polar surface area (TPSA) is 155 Å². The Labute approximate surface area is 422 Å². The van der Waals surface area contributed by atoms with Crippen LogP contribution in [-0.2, 0) is 49.4 Å². The maximum absolute atomic E-state index is 14.6. The zero-order valence-corrected chi connectivity index (χ0v) is 43.8. The van der Waals surface area contributed by atoms with Crippen molar-refractivity contribution in [3.63, 3.8) is 0 Å². The molecule has 4 aliphatic rings. The van der Waals surface area contributed by atoms with E-state index in [9.17, 15) is 24.3 Å². The van der Waals surface area contributed by atoms with Crippen LogP contribution in [-0.4, -0.2) is 114 Å². The number of nitrogens with zero attached hydrogens (tertiary/aromatic N) is 2. The molecule has 13 heteroatoms. The number of nitrogens with one attached hydrogen (secondary N) is 1. The third-order valence-electron chi connectivity index (χ3n) is 16.1. The molecule has 4 heterocycles. The Kier molecular flexibility index (Phi) is 18.6. The van der Waals surface area contributed by atoms with Gasteiger partial charge < -0.3 is 43.6 Å². The molecule has 13 nitrogen and oxygen atoms in total. The van der Waals surface area contributed by atoms with Crippen molar-refractivity contribution in [2.75, 3.05) is 33.2 Å². The van der Waals surface area contributed by atoms with Crippen LogP contribution < -0.4 is 5.32 Å². The number of amides is 1. The maximum atomic E-state index is 14.6. The molecule has 2 N–H and O–H groups in total. The lowest BCUT2D eigenvalue weighted by atomic mass is 9.81. The first-order chi connectivity index (χ1) is 34.1. The number of carbonyl (C=O) groups is 4. The third-order valence-corrected chi connectivity index (χ3v) is 16.1. The molecule has 2 aromatic carbocycles. The molecular formula is C58H81N3O10. The molecule has 1 aliphatic carbocycles. The van der Waals surface area contributed by atoms with Crippen molar-refractivity contribution in [3.8, 4) is 0 Å². The van der Waals surface area contributed by atoms with Gasteiger partial charge in [-0.15, -0.1) is 0 Å². The highest BCUT2D eigenvalue weighted by molar-refractivity contribution is 6.39. The van der Waals surface area contributed by atoms with Gasteiger partial charge >= 0.3 is 5.97 Å². The molecule has 1 amide bonds. The van der Waals surface area contributed by atoms with E-state index in [0.717, 1.165) is 42.6 Å². The summed E-state index contributed by atoms with van der Waals surface area (Å²) in [5, 5.41) is 17.1. The number of anilines is 1. The molecule has 1 saturated carbocycles. The van der Waals surface area contributed by atoms with Gasteiger partial charge in [-0.25, -0.2) is 4.79 Å². The summed E-state index contributed by atoms with van der Waals surface area (Å²) in [6, 6.07) is 18.2. The van der Waals surface area contributed by atoms with Crippen molar-refractivity contribution >= 4 is 40.0 Å². The molecule has 3 aromatic rings. The average molecular weight is 980 g/mol. The normalized spacial score (nSPS) is 33.5. The molecule has 0 spiro atoms. The van der Waals surface area contributed by atoms with Gasteiger partial charge in [0.1, 0.15) is 24.0 Å². The van der Waals surface area contributed by atoms with E-state index in [-0.39, 0.29) is 54.6 Å². The first kappa shape index (κ1) is 54.1. The van der Waals surface area contributed by atoms with Crippen LogP contribution in [0.4, 0.5) is 5.69 Å². The lowest BCUT2D eigenvalue weighted by molar-refractivity contribution is -0.302. The second kappa shape index (κ2) is 24.4. The smallest absolute Gasteiger partial charge is 0.329 e. The number of ketones is 2. The number of rotatable bonds is 10. The highest BCUT2D eigenvalue weighted by Crippen LogP contribution is 2.40. The average Bonchev–Trinajstić information content (AvgIpc) is 3.77. The van der Waals surface area contributed by atoms with Gasteiger partial charge in [0.05, 0.1) is 24.4 Å². The summed E-state index contributed by atoms with van der Waals surface area (Å²) in [6.45, 7) is 12.8. The van der Waals surface area contributed by atoms with Gasteiger partial charge in [-0.1, -0.05) is 75.8 Å².